The molecule has 19 heavy (non-hydrogen) atoms. The van der Waals surface area contributed by atoms with Crippen LogP contribution in [0.5, 0.6) is 5.75 Å². The van der Waals surface area contributed by atoms with Crippen molar-refractivity contribution in [3.63, 3.8) is 0 Å². The molecule has 0 atom stereocenters. The van der Waals surface area contributed by atoms with E-state index in [0.717, 1.165) is 48.7 Å². The fourth-order valence-electron chi connectivity index (χ4n) is 2.92. The van der Waals surface area contributed by atoms with Gasteiger partial charge >= 0.3 is 0 Å². The molecule has 3 heterocycles. The monoisotopic (exact) mass is 258 g/mol. The second kappa shape index (κ2) is 4.96. The van der Waals surface area contributed by atoms with E-state index in [0.29, 0.717) is 5.92 Å². The maximum Gasteiger partial charge on any atom is 0.118 e. The molecule has 3 fully saturated rings. The molecule has 3 saturated heterocycles. The first-order valence-corrected chi connectivity index (χ1v) is 6.65. The number of oxime groups is 1. The molecule has 0 spiro atoms. The quantitative estimate of drug-likeness (QED) is 0.655. The highest BCUT2D eigenvalue weighted by Gasteiger charge is 2.35. The van der Waals surface area contributed by atoms with Crippen LogP contribution in [0.1, 0.15) is 18.4 Å². The van der Waals surface area contributed by atoms with Gasteiger partial charge in [-0.2, -0.15) is 0 Å². The Balaban J connectivity index is 1.92. The van der Waals surface area contributed by atoms with Crippen LogP contribution in [-0.4, -0.2) is 36.0 Å². The third-order valence-electron chi connectivity index (χ3n) is 4.01. The van der Waals surface area contributed by atoms with Gasteiger partial charge in [-0.25, -0.2) is 0 Å². The number of hydrogen-bond acceptors (Lipinski definition) is 4. The van der Waals surface area contributed by atoms with Crippen LogP contribution in [0.15, 0.2) is 35.1 Å². The first kappa shape index (κ1) is 12.1. The number of benzene rings is 1. The average molecular weight is 258 g/mol. The van der Waals surface area contributed by atoms with Gasteiger partial charge in [0, 0.05) is 19.0 Å². The molecule has 2 bridgehead atoms. The van der Waals surface area contributed by atoms with Gasteiger partial charge in [-0.3, -0.25) is 0 Å². The van der Waals surface area contributed by atoms with Gasteiger partial charge in [-0.05, 0) is 36.6 Å². The molecule has 4 rings (SSSR count). The van der Waals surface area contributed by atoms with Gasteiger partial charge in [0.2, 0.25) is 0 Å². The summed E-state index contributed by atoms with van der Waals surface area (Å²) in [6.45, 7) is 2.12. The Labute approximate surface area is 113 Å². The lowest BCUT2D eigenvalue weighted by atomic mass is 9.83. The lowest BCUT2D eigenvalue weighted by Gasteiger charge is -2.42. The van der Waals surface area contributed by atoms with E-state index < -0.39 is 0 Å². The predicted molar refractivity (Wildman–Crippen MR) is 74.5 cm³/mol. The van der Waals surface area contributed by atoms with Crippen molar-refractivity contribution >= 4 is 11.8 Å². The molecule has 4 heteroatoms. The molecular weight excluding hydrogens is 240 g/mol. The lowest BCUT2D eigenvalue weighted by Crippen LogP contribution is -2.46. The van der Waals surface area contributed by atoms with Crippen molar-refractivity contribution in [2.24, 2.45) is 11.1 Å². The maximum absolute atomic E-state index is 9.24. The summed E-state index contributed by atoms with van der Waals surface area (Å²) in [5.41, 5.74) is 3.01. The highest BCUT2D eigenvalue weighted by molar-refractivity contribution is 6.05. The number of rotatable bonds is 2. The Hall–Kier alpha value is -1.97. The third kappa shape index (κ3) is 2.18. The minimum Gasteiger partial charge on any atom is -0.497 e. The Kier molecular flexibility index (Phi) is 3.15. The summed E-state index contributed by atoms with van der Waals surface area (Å²) in [5.74, 6) is 1.27. The summed E-state index contributed by atoms with van der Waals surface area (Å²) >= 11 is 0. The van der Waals surface area contributed by atoms with Crippen LogP contribution < -0.4 is 4.74 Å². The largest absolute Gasteiger partial charge is 0.497 e. The number of hydrogen-bond donors (Lipinski definition) is 1. The minimum absolute atomic E-state index is 0.416. The number of allylic oxidation sites excluding steroid dienone is 1. The van der Waals surface area contributed by atoms with Crippen LogP contribution in [0.3, 0.4) is 0 Å². The zero-order valence-corrected chi connectivity index (χ0v) is 11.0. The molecule has 3 aliphatic rings. The highest BCUT2D eigenvalue weighted by atomic mass is 16.5. The summed E-state index contributed by atoms with van der Waals surface area (Å²) in [6.07, 6.45) is 4.29. The maximum atomic E-state index is 9.24. The van der Waals surface area contributed by atoms with E-state index in [1.165, 1.54) is 0 Å². The second-order valence-corrected chi connectivity index (χ2v) is 5.05. The first-order valence-electron chi connectivity index (χ1n) is 6.65. The van der Waals surface area contributed by atoms with Crippen LogP contribution in [0.2, 0.25) is 0 Å². The molecule has 100 valence electrons. The molecule has 1 N–H and O–H groups in total. The first-order chi connectivity index (χ1) is 9.31. The molecule has 0 saturated carbocycles. The molecule has 4 nitrogen and oxygen atoms in total. The summed E-state index contributed by atoms with van der Waals surface area (Å²) < 4.78 is 5.16. The fourth-order valence-corrected chi connectivity index (χ4v) is 2.92. The Morgan fingerprint density at radius 2 is 1.95 bits per heavy atom. The summed E-state index contributed by atoms with van der Waals surface area (Å²) in [4.78, 5) is 2.30. The fraction of sp³-hybridized carbons (Fsp3) is 0.400. The van der Waals surface area contributed by atoms with Crippen LogP contribution in [0.25, 0.3) is 6.08 Å². The van der Waals surface area contributed by atoms with Crippen molar-refractivity contribution in [3.8, 4) is 5.75 Å². The molecule has 0 radical (unpaired) electrons. The molecule has 0 aliphatic carbocycles. The van der Waals surface area contributed by atoms with Gasteiger partial charge in [0.05, 0.1) is 12.8 Å². The van der Waals surface area contributed by atoms with Crippen LogP contribution in [0, 0.1) is 5.92 Å². The van der Waals surface area contributed by atoms with E-state index in [4.69, 9.17) is 4.74 Å². The number of ether oxygens (including phenoxy) is 1. The smallest absolute Gasteiger partial charge is 0.118 e. The number of piperidine rings is 3. The number of fused-ring (bicyclic) bond motifs is 3. The van der Waals surface area contributed by atoms with Gasteiger partial charge in [0.15, 0.2) is 0 Å². The van der Waals surface area contributed by atoms with E-state index >= 15 is 0 Å². The number of methoxy groups -OCH3 is 1. The van der Waals surface area contributed by atoms with Crippen LogP contribution in [0.4, 0.5) is 0 Å². The standard InChI is InChI=1S/C15H18N2O2/c1-19-13-4-2-11(3-5-13)10-14-15(16-18)12-6-8-17(14)9-7-12/h2-5,10,12,18H,6-9H2,1H3. The predicted octanol–water partition coefficient (Wildman–Crippen LogP) is 2.59. The average Bonchev–Trinajstić information content (AvgIpc) is 2.49. The lowest BCUT2D eigenvalue weighted by molar-refractivity contribution is 0.229. The number of nitrogens with zero attached hydrogens (tertiary/aromatic N) is 2. The second-order valence-electron chi connectivity index (χ2n) is 5.05. The van der Waals surface area contributed by atoms with Crippen molar-refractivity contribution in [2.75, 3.05) is 20.2 Å². The molecule has 1 aromatic rings. The minimum atomic E-state index is 0.416. The summed E-state index contributed by atoms with van der Waals surface area (Å²) in [7, 11) is 1.66. The molecule has 0 unspecified atom stereocenters. The summed E-state index contributed by atoms with van der Waals surface area (Å²) in [5, 5.41) is 12.8. The van der Waals surface area contributed by atoms with Gasteiger partial charge in [0.1, 0.15) is 11.5 Å². The van der Waals surface area contributed by atoms with E-state index in [2.05, 4.69) is 16.1 Å². The van der Waals surface area contributed by atoms with Crippen LogP contribution in [-0.2, 0) is 0 Å². The van der Waals surface area contributed by atoms with Crippen molar-refractivity contribution in [3.05, 3.63) is 35.5 Å². The Morgan fingerprint density at radius 3 is 2.53 bits per heavy atom. The van der Waals surface area contributed by atoms with Crippen molar-refractivity contribution in [2.45, 2.75) is 12.8 Å². The van der Waals surface area contributed by atoms with E-state index in [1.54, 1.807) is 7.11 Å². The SMILES string of the molecule is COc1ccc(C=C2C(=NO)C3CCN2CC3)cc1. The molecule has 0 aromatic heterocycles. The topological polar surface area (TPSA) is 45.1 Å². The Bertz CT molecular complexity index is 511. The van der Waals surface area contributed by atoms with E-state index in [9.17, 15) is 5.21 Å². The summed E-state index contributed by atoms with van der Waals surface area (Å²) in [6, 6.07) is 7.92. The molecule has 1 aromatic carbocycles. The highest BCUT2D eigenvalue weighted by Crippen LogP contribution is 2.33. The van der Waals surface area contributed by atoms with Gasteiger partial charge < -0.3 is 14.8 Å². The molecule has 0 amide bonds. The van der Waals surface area contributed by atoms with E-state index in [-0.39, 0.29) is 0 Å². The van der Waals surface area contributed by atoms with E-state index in [1.807, 2.05) is 24.3 Å². The Morgan fingerprint density at radius 1 is 1.26 bits per heavy atom. The van der Waals surface area contributed by atoms with Gasteiger partial charge in [-0.1, -0.05) is 17.3 Å². The van der Waals surface area contributed by atoms with Crippen molar-refractivity contribution in [1.29, 1.82) is 0 Å². The van der Waals surface area contributed by atoms with Gasteiger partial charge in [-0.15, -0.1) is 0 Å². The zero-order valence-electron chi connectivity index (χ0n) is 11.0. The van der Waals surface area contributed by atoms with Crippen molar-refractivity contribution in [1.82, 2.24) is 4.90 Å². The third-order valence-corrected chi connectivity index (χ3v) is 4.01. The normalized spacial score (nSPS) is 23.3. The van der Waals surface area contributed by atoms with Crippen molar-refractivity contribution < 1.29 is 9.94 Å². The zero-order chi connectivity index (χ0) is 13.2. The van der Waals surface area contributed by atoms with Crippen LogP contribution >= 0.6 is 0 Å². The molecular formula is C15H18N2O2. The van der Waals surface area contributed by atoms with Gasteiger partial charge in [0.25, 0.3) is 0 Å². The molecule has 3 aliphatic heterocycles.